The Balaban J connectivity index is 2.52. The van der Waals surface area contributed by atoms with E-state index in [9.17, 15) is 14.3 Å². The summed E-state index contributed by atoms with van der Waals surface area (Å²) >= 11 is 12.3. The molecule has 23 heavy (non-hydrogen) atoms. The lowest BCUT2D eigenvalue weighted by Crippen LogP contribution is -2.29. The van der Waals surface area contributed by atoms with Crippen molar-refractivity contribution >= 4 is 56.9 Å². The van der Waals surface area contributed by atoms with Gasteiger partial charge in [0.2, 0.25) is 0 Å². The number of halogens is 3. The Morgan fingerprint density at radius 1 is 1.43 bits per heavy atom. The maximum Gasteiger partial charge on any atom is 0.411 e. The number of aryl methyl sites for hydroxylation is 1. The van der Waals surface area contributed by atoms with Crippen LogP contribution >= 0.6 is 23.2 Å². The van der Waals surface area contributed by atoms with Crippen LogP contribution in [0.15, 0.2) is 12.3 Å². The van der Waals surface area contributed by atoms with Crippen LogP contribution in [0.1, 0.15) is 12.5 Å². The largest absolute Gasteiger partial charge is 0.465 e. The van der Waals surface area contributed by atoms with Gasteiger partial charge in [0.05, 0.1) is 21.2 Å². The first-order chi connectivity index (χ1) is 10.9. The molecule has 0 aliphatic carbocycles. The molecule has 0 fully saturated rings. The summed E-state index contributed by atoms with van der Waals surface area (Å²) in [7, 11) is 0. The summed E-state index contributed by atoms with van der Waals surface area (Å²) in [5, 5.41) is 10.8. The number of nitrogens with one attached hydrogen (secondary N) is 1. The van der Waals surface area contributed by atoms with E-state index in [1.54, 1.807) is 13.8 Å². The fourth-order valence-electron chi connectivity index (χ4n) is 2.70. The quantitative estimate of drug-likeness (QED) is 0.681. The summed E-state index contributed by atoms with van der Waals surface area (Å²) < 4.78 is 14.4. The van der Waals surface area contributed by atoms with E-state index in [1.165, 1.54) is 12.3 Å². The van der Waals surface area contributed by atoms with Crippen LogP contribution in [0.3, 0.4) is 0 Å². The van der Waals surface area contributed by atoms with Gasteiger partial charge < -0.3 is 10.1 Å². The summed E-state index contributed by atoms with van der Waals surface area (Å²) in [5.41, 5.74) is 1.44. The SMILES string of the molecule is CCN(C(=O)O)c1cc(F)c(C)c2c1[nH]c1ncc(Cl)c(Cl)c12. The van der Waals surface area contributed by atoms with E-state index < -0.39 is 11.9 Å². The molecule has 2 aromatic heterocycles. The number of rotatable bonds is 2. The fraction of sp³-hybridized carbons (Fsp3) is 0.200. The Kier molecular flexibility index (Phi) is 3.82. The number of carboxylic acid groups (broad SMARTS) is 1. The van der Waals surface area contributed by atoms with E-state index in [4.69, 9.17) is 23.2 Å². The molecule has 0 atom stereocenters. The fourth-order valence-corrected chi connectivity index (χ4v) is 3.08. The highest BCUT2D eigenvalue weighted by atomic mass is 35.5. The Hall–Kier alpha value is -2.05. The summed E-state index contributed by atoms with van der Waals surface area (Å²) in [6, 6.07) is 1.19. The zero-order valence-electron chi connectivity index (χ0n) is 12.2. The van der Waals surface area contributed by atoms with Gasteiger partial charge in [-0.25, -0.2) is 14.2 Å². The zero-order valence-corrected chi connectivity index (χ0v) is 13.8. The second kappa shape index (κ2) is 5.54. The number of hydrogen-bond donors (Lipinski definition) is 2. The monoisotopic (exact) mass is 355 g/mol. The molecule has 8 heteroatoms. The van der Waals surface area contributed by atoms with Gasteiger partial charge in [-0.05, 0) is 19.4 Å². The number of hydrogen-bond acceptors (Lipinski definition) is 2. The first kappa shape index (κ1) is 15.8. The van der Waals surface area contributed by atoms with Crippen molar-refractivity contribution in [3.8, 4) is 0 Å². The highest BCUT2D eigenvalue weighted by Crippen LogP contribution is 2.40. The molecule has 120 valence electrons. The number of amides is 1. The third kappa shape index (κ3) is 2.29. The van der Waals surface area contributed by atoms with E-state index in [2.05, 4.69) is 9.97 Å². The van der Waals surface area contributed by atoms with Gasteiger partial charge in [-0.2, -0.15) is 0 Å². The number of H-pyrrole nitrogens is 1. The van der Waals surface area contributed by atoms with Crippen LogP contribution in [0.4, 0.5) is 14.9 Å². The minimum Gasteiger partial charge on any atom is -0.465 e. The molecule has 0 saturated carbocycles. The second-order valence-electron chi connectivity index (χ2n) is 5.05. The lowest BCUT2D eigenvalue weighted by molar-refractivity contribution is 0.202. The first-order valence-corrected chi connectivity index (χ1v) is 7.57. The number of aromatic amines is 1. The van der Waals surface area contributed by atoms with Crippen molar-refractivity contribution in [2.45, 2.75) is 13.8 Å². The van der Waals surface area contributed by atoms with Crippen LogP contribution in [-0.2, 0) is 0 Å². The van der Waals surface area contributed by atoms with Crippen molar-refractivity contribution in [3.05, 3.63) is 33.7 Å². The predicted octanol–water partition coefficient (Wildman–Crippen LogP) is 4.97. The lowest BCUT2D eigenvalue weighted by Gasteiger charge is -2.19. The molecule has 1 amide bonds. The normalized spacial score (nSPS) is 11.3. The highest BCUT2D eigenvalue weighted by molar-refractivity contribution is 6.46. The molecule has 3 aromatic rings. The number of fused-ring (bicyclic) bond motifs is 3. The molecule has 5 nitrogen and oxygen atoms in total. The van der Waals surface area contributed by atoms with E-state index in [0.717, 1.165) is 4.90 Å². The van der Waals surface area contributed by atoms with E-state index in [-0.39, 0.29) is 22.3 Å². The number of pyridine rings is 1. The maximum absolute atomic E-state index is 14.4. The van der Waals surface area contributed by atoms with Crippen LogP contribution in [0.25, 0.3) is 21.9 Å². The summed E-state index contributed by atoms with van der Waals surface area (Å²) in [4.78, 5) is 19.7. The molecule has 0 unspecified atom stereocenters. The second-order valence-corrected chi connectivity index (χ2v) is 5.83. The summed E-state index contributed by atoms with van der Waals surface area (Å²) in [6.07, 6.45) is 0.217. The van der Waals surface area contributed by atoms with Crippen LogP contribution < -0.4 is 4.90 Å². The van der Waals surface area contributed by atoms with Gasteiger partial charge in [0.1, 0.15) is 11.5 Å². The van der Waals surface area contributed by atoms with E-state index in [0.29, 0.717) is 27.5 Å². The molecule has 2 heterocycles. The van der Waals surface area contributed by atoms with Gasteiger partial charge in [-0.3, -0.25) is 4.90 Å². The first-order valence-electron chi connectivity index (χ1n) is 6.81. The Morgan fingerprint density at radius 3 is 2.74 bits per heavy atom. The molecule has 0 bridgehead atoms. The van der Waals surface area contributed by atoms with Gasteiger partial charge in [0.25, 0.3) is 0 Å². The van der Waals surface area contributed by atoms with Crippen LogP contribution in [0.5, 0.6) is 0 Å². The minimum absolute atomic E-state index is 0.171. The van der Waals surface area contributed by atoms with Crippen molar-refractivity contribution in [1.29, 1.82) is 0 Å². The van der Waals surface area contributed by atoms with Gasteiger partial charge >= 0.3 is 6.09 Å². The molecule has 0 radical (unpaired) electrons. The average molecular weight is 356 g/mol. The summed E-state index contributed by atoms with van der Waals surface area (Å²) in [5.74, 6) is -0.524. The molecule has 2 N–H and O–H groups in total. The predicted molar refractivity (Wildman–Crippen MR) is 89.4 cm³/mol. The number of carbonyl (C=O) groups is 1. The van der Waals surface area contributed by atoms with Crippen molar-refractivity contribution in [1.82, 2.24) is 9.97 Å². The Labute approximate surface area is 140 Å². The highest BCUT2D eigenvalue weighted by Gasteiger charge is 2.23. The molecule has 0 aliphatic rings. The smallest absolute Gasteiger partial charge is 0.411 e. The van der Waals surface area contributed by atoms with Crippen molar-refractivity contribution in [2.75, 3.05) is 11.4 Å². The van der Waals surface area contributed by atoms with Crippen molar-refractivity contribution in [3.63, 3.8) is 0 Å². The van der Waals surface area contributed by atoms with Crippen molar-refractivity contribution < 1.29 is 14.3 Å². The van der Waals surface area contributed by atoms with Gasteiger partial charge in [-0.1, -0.05) is 23.2 Å². The van der Waals surface area contributed by atoms with Gasteiger partial charge in [0, 0.05) is 29.6 Å². The molecule has 1 aromatic carbocycles. The van der Waals surface area contributed by atoms with Crippen molar-refractivity contribution in [2.24, 2.45) is 0 Å². The van der Waals surface area contributed by atoms with E-state index >= 15 is 0 Å². The Morgan fingerprint density at radius 2 is 2.13 bits per heavy atom. The number of anilines is 1. The average Bonchev–Trinajstić information content (AvgIpc) is 2.89. The van der Waals surface area contributed by atoms with Gasteiger partial charge in [0.15, 0.2) is 0 Å². The molecule has 0 aliphatic heterocycles. The number of aromatic nitrogens is 2. The van der Waals surface area contributed by atoms with Crippen LogP contribution in [0.2, 0.25) is 10.0 Å². The standard InChI is InChI=1S/C15H12Cl2FN3O2/c1-3-21(15(22)23)9-4-8(18)6(2)10-11-12(17)7(16)5-19-14(11)20-13(9)10/h4-5H,3H2,1-2H3,(H,19,20)(H,22,23). The Bertz CT molecular complexity index is 955. The zero-order chi connectivity index (χ0) is 16.9. The third-order valence-corrected chi connectivity index (χ3v) is 4.58. The van der Waals surface area contributed by atoms with Gasteiger partial charge in [-0.15, -0.1) is 0 Å². The van der Waals surface area contributed by atoms with Crippen LogP contribution in [-0.4, -0.2) is 27.7 Å². The molecular weight excluding hydrogens is 344 g/mol. The lowest BCUT2D eigenvalue weighted by atomic mass is 10.1. The molecular formula is C15H12Cl2FN3O2. The van der Waals surface area contributed by atoms with E-state index in [1.807, 2.05) is 0 Å². The summed E-state index contributed by atoms with van der Waals surface area (Å²) in [6.45, 7) is 3.44. The van der Waals surface area contributed by atoms with Crippen LogP contribution in [0, 0.1) is 12.7 Å². The molecule has 0 spiro atoms. The minimum atomic E-state index is -1.17. The third-order valence-electron chi connectivity index (χ3n) is 3.81. The topological polar surface area (TPSA) is 69.2 Å². The molecule has 0 saturated heterocycles. The number of nitrogens with zero attached hydrogens (tertiary/aromatic N) is 2. The number of benzene rings is 1. The maximum atomic E-state index is 14.4. The molecule has 3 rings (SSSR count).